The first-order chi connectivity index (χ1) is 12.9. The zero-order valence-electron chi connectivity index (χ0n) is 14.6. The number of methoxy groups -OCH3 is 1. The van der Waals surface area contributed by atoms with Crippen LogP contribution < -0.4 is 4.72 Å². The number of sulfonamides is 1. The van der Waals surface area contributed by atoms with Gasteiger partial charge in [0.05, 0.1) is 12.7 Å². The van der Waals surface area contributed by atoms with Gasteiger partial charge in [-0.3, -0.25) is 4.79 Å². The van der Waals surface area contributed by atoms with Gasteiger partial charge in [0.15, 0.2) is 0 Å². The summed E-state index contributed by atoms with van der Waals surface area (Å²) in [6, 6.07) is 15.3. The summed E-state index contributed by atoms with van der Waals surface area (Å²) in [6.07, 6.45) is 1.42. The standard InChI is InChI=1S/C19H19NO6S/c1-25-19(22)17-9-5-8-16(12-17)14-26-18(21)13-20-27(23,24)11-10-15-6-3-2-4-7-15/h2-12,20H,13-14H2,1H3/b11-10+. The van der Waals surface area contributed by atoms with Gasteiger partial charge in [-0.2, -0.15) is 0 Å². The minimum Gasteiger partial charge on any atom is -0.465 e. The van der Waals surface area contributed by atoms with Gasteiger partial charge in [-0.1, -0.05) is 42.5 Å². The number of hydrogen-bond donors (Lipinski definition) is 1. The Balaban J connectivity index is 1.84. The predicted octanol–water partition coefficient (Wildman–Crippen LogP) is 2.11. The number of benzene rings is 2. The van der Waals surface area contributed by atoms with Crippen LogP contribution in [0.5, 0.6) is 0 Å². The molecule has 8 heteroatoms. The SMILES string of the molecule is COC(=O)c1cccc(COC(=O)CNS(=O)(=O)/C=C/c2ccccc2)c1. The highest BCUT2D eigenvalue weighted by Gasteiger charge is 2.11. The topological polar surface area (TPSA) is 98.8 Å². The van der Waals surface area contributed by atoms with Crippen molar-refractivity contribution >= 4 is 28.0 Å². The molecule has 0 amide bonds. The lowest BCUT2D eigenvalue weighted by Gasteiger charge is -2.07. The van der Waals surface area contributed by atoms with Crippen molar-refractivity contribution in [2.45, 2.75) is 6.61 Å². The van der Waals surface area contributed by atoms with Gasteiger partial charge >= 0.3 is 11.9 Å². The number of esters is 2. The molecule has 2 aromatic carbocycles. The summed E-state index contributed by atoms with van der Waals surface area (Å²) < 4.78 is 35.5. The van der Waals surface area contributed by atoms with Crippen LogP contribution >= 0.6 is 0 Å². The minimum atomic E-state index is -3.77. The summed E-state index contributed by atoms with van der Waals surface area (Å²) in [6.45, 7) is -0.594. The molecule has 0 heterocycles. The van der Waals surface area contributed by atoms with Crippen molar-refractivity contribution in [2.24, 2.45) is 0 Å². The Morgan fingerprint density at radius 2 is 1.81 bits per heavy atom. The number of carbonyl (C=O) groups excluding carboxylic acids is 2. The highest BCUT2D eigenvalue weighted by molar-refractivity contribution is 7.92. The molecule has 0 aliphatic heterocycles. The lowest BCUT2D eigenvalue weighted by atomic mass is 10.1. The van der Waals surface area contributed by atoms with Gasteiger partial charge < -0.3 is 9.47 Å². The van der Waals surface area contributed by atoms with Crippen LogP contribution in [0.1, 0.15) is 21.5 Å². The third-order valence-electron chi connectivity index (χ3n) is 3.40. The second-order valence-electron chi connectivity index (χ2n) is 5.43. The third kappa shape index (κ3) is 7.04. The van der Waals surface area contributed by atoms with Gasteiger partial charge in [0.2, 0.25) is 10.0 Å². The lowest BCUT2D eigenvalue weighted by Crippen LogP contribution is -2.29. The average Bonchev–Trinajstić information content (AvgIpc) is 2.70. The van der Waals surface area contributed by atoms with E-state index < -0.39 is 28.5 Å². The monoisotopic (exact) mass is 389 g/mol. The number of ether oxygens (including phenoxy) is 2. The molecule has 0 spiro atoms. The summed E-state index contributed by atoms with van der Waals surface area (Å²) in [5, 5.41) is 0.982. The fourth-order valence-electron chi connectivity index (χ4n) is 2.06. The molecule has 1 N–H and O–H groups in total. The first-order valence-corrected chi connectivity index (χ1v) is 9.50. The molecule has 2 aromatic rings. The number of carbonyl (C=O) groups is 2. The Bertz CT molecular complexity index is 922. The summed E-state index contributed by atoms with van der Waals surface area (Å²) >= 11 is 0. The number of nitrogens with one attached hydrogen (secondary N) is 1. The van der Waals surface area contributed by atoms with E-state index in [2.05, 4.69) is 9.46 Å². The van der Waals surface area contributed by atoms with E-state index >= 15 is 0 Å². The fraction of sp³-hybridized carbons (Fsp3) is 0.158. The normalized spacial score (nSPS) is 11.3. The molecule has 0 fully saturated rings. The van der Waals surface area contributed by atoms with Crippen molar-refractivity contribution in [1.29, 1.82) is 0 Å². The van der Waals surface area contributed by atoms with E-state index in [1.807, 2.05) is 6.07 Å². The van der Waals surface area contributed by atoms with E-state index in [4.69, 9.17) is 4.74 Å². The van der Waals surface area contributed by atoms with Crippen LogP contribution in [0.25, 0.3) is 6.08 Å². The molecule has 0 atom stereocenters. The maximum absolute atomic E-state index is 11.9. The van der Waals surface area contributed by atoms with Crippen LogP contribution in [0, 0.1) is 0 Å². The molecular formula is C19H19NO6S. The van der Waals surface area contributed by atoms with Crippen LogP contribution in [-0.2, 0) is 30.9 Å². The van der Waals surface area contributed by atoms with Crippen molar-refractivity contribution in [2.75, 3.05) is 13.7 Å². The smallest absolute Gasteiger partial charge is 0.337 e. The van der Waals surface area contributed by atoms with Gasteiger partial charge in [0.1, 0.15) is 13.2 Å². The van der Waals surface area contributed by atoms with Crippen molar-refractivity contribution in [3.63, 3.8) is 0 Å². The van der Waals surface area contributed by atoms with Crippen molar-refractivity contribution < 1.29 is 27.5 Å². The minimum absolute atomic E-state index is 0.0920. The van der Waals surface area contributed by atoms with Gasteiger partial charge in [0.25, 0.3) is 0 Å². The Kier molecular flexibility index (Phi) is 7.27. The molecule has 0 radical (unpaired) electrons. The van der Waals surface area contributed by atoms with Gasteiger partial charge in [-0.25, -0.2) is 17.9 Å². The molecular weight excluding hydrogens is 370 g/mol. The van der Waals surface area contributed by atoms with Crippen LogP contribution in [0.2, 0.25) is 0 Å². The van der Waals surface area contributed by atoms with E-state index in [1.165, 1.54) is 19.3 Å². The molecule has 0 saturated heterocycles. The number of rotatable bonds is 8. The number of hydrogen-bond acceptors (Lipinski definition) is 6. The van der Waals surface area contributed by atoms with Crippen LogP contribution in [-0.4, -0.2) is 34.0 Å². The van der Waals surface area contributed by atoms with Crippen molar-refractivity contribution in [3.05, 3.63) is 76.7 Å². The largest absolute Gasteiger partial charge is 0.465 e. The molecule has 0 aliphatic rings. The Morgan fingerprint density at radius 1 is 1.07 bits per heavy atom. The molecule has 2 rings (SSSR count). The summed E-state index contributed by atoms with van der Waals surface area (Å²) in [7, 11) is -2.50. The van der Waals surface area contributed by atoms with Crippen molar-refractivity contribution in [1.82, 2.24) is 4.72 Å². The second kappa shape index (κ2) is 9.65. The first kappa shape index (κ1) is 20.3. The maximum atomic E-state index is 11.9. The van der Waals surface area contributed by atoms with E-state index in [1.54, 1.807) is 42.5 Å². The average molecular weight is 389 g/mol. The third-order valence-corrected chi connectivity index (χ3v) is 4.45. The second-order valence-corrected chi connectivity index (χ2v) is 7.08. The van der Waals surface area contributed by atoms with Gasteiger partial charge in [-0.15, -0.1) is 0 Å². The molecule has 0 saturated carbocycles. The summed E-state index contributed by atoms with van der Waals surface area (Å²) in [4.78, 5) is 23.2. The van der Waals surface area contributed by atoms with Gasteiger partial charge in [-0.05, 0) is 29.3 Å². The summed E-state index contributed by atoms with van der Waals surface area (Å²) in [5.41, 5.74) is 1.63. The zero-order chi connectivity index (χ0) is 19.7. The molecule has 0 bridgehead atoms. The molecule has 7 nitrogen and oxygen atoms in total. The predicted molar refractivity (Wildman–Crippen MR) is 100.0 cm³/mol. The van der Waals surface area contributed by atoms with E-state index in [9.17, 15) is 18.0 Å². The van der Waals surface area contributed by atoms with Crippen LogP contribution in [0.4, 0.5) is 0 Å². The molecule has 0 aliphatic carbocycles. The maximum Gasteiger partial charge on any atom is 0.337 e. The Labute approximate surface area is 157 Å². The molecule has 142 valence electrons. The zero-order valence-corrected chi connectivity index (χ0v) is 15.4. The van der Waals surface area contributed by atoms with Crippen LogP contribution in [0.15, 0.2) is 60.0 Å². The Hall–Kier alpha value is -2.97. The summed E-state index contributed by atoms with van der Waals surface area (Å²) in [5.74, 6) is -1.24. The fourth-order valence-corrected chi connectivity index (χ4v) is 2.81. The van der Waals surface area contributed by atoms with Crippen molar-refractivity contribution in [3.8, 4) is 0 Å². The molecule has 27 heavy (non-hydrogen) atoms. The highest BCUT2D eigenvalue weighted by atomic mass is 32.2. The quantitative estimate of drug-likeness (QED) is 0.694. The van der Waals surface area contributed by atoms with E-state index in [0.29, 0.717) is 11.1 Å². The first-order valence-electron chi connectivity index (χ1n) is 7.95. The molecule has 0 aromatic heterocycles. The van der Waals surface area contributed by atoms with Crippen LogP contribution in [0.3, 0.4) is 0 Å². The molecule has 0 unspecified atom stereocenters. The van der Waals surface area contributed by atoms with Gasteiger partial charge in [0, 0.05) is 5.41 Å². The highest BCUT2D eigenvalue weighted by Crippen LogP contribution is 2.08. The van der Waals surface area contributed by atoms with E-state index in [-0.39, 0.29) is 6.61 Å². The van der Waals surface area contributed by atoms with E-state index in [0.717, 1.165) is 11.0 Å². The Morgan fingerprint density at radius 3 is 2.52 bits per heavy atom. The lowest BCUT2D eigenvalue weighted by molar-refractivity contribution is -0.143.